The predicted molar refractivity (Wildman–Crippen MR) is 64.6 cm³/mol. The Hall–Kier alpha value is -2.43. The van der Waals surface area contributed by atoms with E-state index in [0.717, 1.165) is 5.56 Å². The van der Waals surface area contributed by atoms with Crippen molar-refractivity contribution in [1.29, 1.82) is 0 Å². The Kier molecular flexibility index (Phi) is 3.52. The lowest BCUT2D eigenvalue weighted by molar-refractivity contribution is 0.0600. The van der Waals surface area contributed by atoms with E-state index < -0.39 is 0 Å². The summed E-state index contributed by atoms with van der Waals surface area (Å²) < 4.78 is 10.0. The first-order valence-corrected chi connectivity index (χ1v) is 5.34. The van der Waals surface area contributed by atoms with Crippen LogP contribution >= 0.6 is 0 Å². The fraction of sp³-hybridized carbons (Fsp3) is 0.154. The van der Waals surface area contributed by atoms with Gasteiger partial charge in [0.05, 0.1) is 12.7 Å². The van der Waals surface area contributed by atoms with Gasteiger partial charge in [-0.3, -0.25) is 0 Å². The Morgan fingerprint density at radius 2 is 1.72 bits per heavy atom. The Labute approximate surface area is 104 Å². The number of nitrogens with zero attached hydrogens (tertiary/aromatic N) is 2. The molecular formula is C13H12N2O3. The molecule has 5 nitrogen and oxygen atoms in total. The van der Waals surface area contributed by atoms with Gasteiger partial charge in [0.1, 0.15) is 5.75 Å². The number of hydrogen-bond donors (Lipinski definition) is 0. The highest BCUT2D eigenvalue weighted by molar-refractivity contribution is 5.89. The minimum atomic E-state index is -0.381. The van der Waals surface area contributed by atoms with Crippen LogP contribution < -0.4 is 4.74 Å². The Morgan fingerprint density at radius 1 is 1.11 bits per heavy atom. The van der Waals surface area contributed by atoms with Gasteiger partial charge >= 0.3 is 12.0 Å². The molecule has 92 valence electrons. The molecule has 18 heavy (non-hydrogen) atoms. The molecule has 1 heterocycles. The average molecular weight is 244 g/mol. The van der Waals surface area contributed by atoms with Crippen LogP contribution in [-0.2, 0) is 4.74 Å². The molecule has 0 bridgehead atoms. The van der Waals surface area contributed by atoms with Crippen molar-refractivity contribution in [3.05, 3.63) is 47.8 Å². The number of carbonyl (C=O) groups excluding carboxylic acids is 1. The molecule has 1 aromatic carbocycles. The maximum absolute atomic E-state index is 11.2. The normalized spacial score (nSPS) is 9.89. The number of hydrogen-bond acceptors (Lipinski definition) is 5. The summed E-state index contributed by atoms with van der Waals surface area (Å²) in [6, 6.07) is 6.83. The van der Waals surface area contributed by atoms with Gasteiger partial charge in [0.2, 0.25) is 0 Å². The van der Waals surface area contributed by atoms with Crippen molar-refractivity contribution in [2.24, 2.45) is 0 Å². The van der Waals surface area contributed by atoms with Gasteiger partial charge in [0.15, 0.2) is 0 Å². The van der Waals surface area contributed by atoms with Gasteiger partial charge in [-0.15, -0.1) is 0 Å². The molecule has 0 saturated carbocycles. The van der Waals surface area contributed by atoms with E-state index >= 15 is 0 Å². The number of carbonyl (C=O) groups is 1. The van der Waals surface area contributed by atoms with Crippen molar-refractivity contribution in [2.45, 2.75) is 6.92 Å². The maximum atomic E-state index is 11.2. The number of rotatable bonds is 3. The summed E-state index contributed by atoms with van der Waals surface area (Å²) in [6.07, 6.45) is 3.34. The van der Waals surface area contributed by atoms with Gasteiger partial charge < -0.3 is 9.47 Å². The molecule has 0 aliphatic carbocycles. The lowest BCUT2D eigenvalue weighted by Gasteiger charge is -2.04. The summed E-state index contributed by atoms with van der Waals surface area (Å²) in [5.41, 5.74) is 1.43. The second kappa shape index (κ2) is 5.27. The molecule has 0 aliphatic rings. The Bertz CT molecular complexity index is 535. The van der Waals surface area contributed by atoms with E-state index in [0.29, 0.717) is 11.3 Å². The number of benzene rings is 1. The van der Waals surface area contributed by atoms with Crippen LogP contribution in [-0.4, -0.2) is 23.0 Å². The first-order valence-electron chi connectivity index (χ1n) is 5.34. The van der Waals surface area contributed by atoms with Crippen LogP contribution in [0.5, 0.6) is 11.8 Å². The van der Waals surface area contributed by atoms with Gasteiger partial charge in [0, 0.05) is 12.4 Å². The first-order chi connectivity index (χ1) is 8.69. The number of esters is 1. The van der Waals surface area contributed by atoms with Gasteiger partial charge in [-0.25, -0.2) is 14.8 Å². The maximum Gasteiger partial charge on any atom is 0.337 e. The lowest BCUT2D eigenvalue weighted by Crippen LogP contribution is -2.00. The molecule has 0 N–H and O–H groups in total. The van der Waals surface area contributed by atoms with Crippen molar-refractivity contribution in [2.75, 3.05) is 7.11 Å². The third-order valence-corrected chi connectivity index (χ3v) is 2.24. The molecule has 0 spiro atoms. The topological polar surface area (TPSA) is 61.3 Å². The van der Waals surface area contributed by atoms with Crippen molar-refractivity contribution >= 4 is 5.97 Å². The van der Waals surface area contributed by atoms with E-state index in [4.69, 9.17) is 4.74 Å². The molecular weight excluding hydrogens is 232 g/mol. The van der Waals surface area contributed by atoms with Crippen molar-refractivity contribution in [3.8, 4) is 11.8 Å². The summed E-state index contributed by atoms with van der Waals surface area (Å²) >= 11 is 0. The second-order valence-corrected chi connectivity index (χ2v) is 3.66. The standard InChI is InChI=1S/C13H12N2O3/c1-9-7-14-13(15-8-9)18-11-5-3-10(4-6-11)12(16)17-2/h3-8H,1-2H3. The monoisotopic (exact) mass is 244 g/mol. The minimum Gasteiger partial charge on any atom is -0.465 e. The summed E-state index contributed by atoms with van der Waals surface area (Å²) in [6.45, 7) is 1.90. The molecule has 0 fully saturated rings. The number of aryl methyl sites for hydroxylation is 1. The zero-order valence-corrected chi connectivity index (χ0v) is 10.1. The molecule has 2 aromatic rings. The molecule has 0 atom stereocenters. The smallest absolute Gasteiger partial charge is 0.337 e. The van der Waals surface area contributed by atoms with E-state index in [-0.39, 0.29) is 12.0 Å². The summed E-state index contributed by atoms with van der Waals surface area (Å²) in [7, 11) is 1.34. The molecule has 0 saturated heterocycles. The summed E-state index contributed by atoms with van der Waals surface area (Å²) in [5, 5.41) is 0. The highest BCUT2D eigenvalue weighted by Crippen LogP contribution is 2.18. The van der Waals surface area contributed by atoms with E-state index in [9.17, 15) is 4.79 Å². The van der Waals surface area contributed by atoms with Crippen LogP contribution in [0.2, 0.25) is 0 Å². The van der Waals surface area contributed by atoms with Crippen LogP contribution in [0.25, 0.3) is 0 Å². The second-order valence-electron chi connectivity index (χ2n) is 3.66. The molecule has 5 heteroatoms. The van der Waals surface area contributed by atoms with Gasteiger partial charge in [-0.05, 0) is 36.8 Å². The molecule has 0 radical (unpaired) electrons. The van der Waals surface area contributed by atoms with Crippen LogP contribution in [0, 0.1) is 6.92 Å². The van der Waals surface area contributed by atoms with E-state index in [1.165, 1.54) is 7.11 Å². The third-order valence-electron chi connectivity index (χ3n) is 2.24. The zero-order chi connectivity index (χ0) is 13.0. The Balaban J connectivity index is 2.10. The molecule has 0 amide bonds. The van der Waals surface area contributed by atoms with Crippen molar-refractivity contribution in [1.82, 2.24) is 9.97 Å². The van der Waals surface area contributed by atoms with Gasteiger partial charge in [-0.1, -0.05) is 0 Å². The van der Waals surface area contributed by atoms with E-state index in [2.05, 4.69) is 14.7 Å². The highest BCUT2D eigenvalue weighted by atomic mass is 16.5. The predicted octanol–water partition coefficient (Wildman–Crippen LogP) is 2.36. The SMILES string of the molecule is COC(=O)c1ccc(Oc2ncc(C)cn2)cc1. The van der Waals surface area contributed by atoms with Crippen molar-refractivity contribution < 1.29 is 14.3 Å². The quantitative estimate of drug-likeness (QED) is 0.775. The lowest BCUT2D eigenvalue weighted by atomic mass is 10.2. The third kappa shape index (κ3) is 2.82. The van der Waals surface area contributed by atoms with Crippen LogP contribution in [0.15, 0.2) is 36.7 Å². The van der Waals surface area contributed by atoms with E-state index in [1.807, 2.05) is 6.92 Å². The Morgan fingerprint density at radius 3 is 2.28 bits per heavy atom. The number of methoxy groups -OCH3 is 1. The minimum absolute atomic E-state index is 0.270. The fourth-order valence-corrected chi connectivity index (χ4v) is 1.32. The van der Waals surface area contributed by atoms with Crippen LogP contribution in [0.1, 0.15) is 15.9 Å². The molecule has 2 rings (SSSR count). The van der Waals surface area contributed by atoms with Crippen LogP contribution in [0.3, 0.4) is 0 Å². The zero-order valence-electron chi connectivity index (χ0n) is 10.1. The van der Waals surface area contributed by atoms with Crippen molar-refractivity contribution in [3.63, 3.8) is 0 Å². The largest absolute Gasteiger partial charge is 0.465 e. The van der Waals surface area contributed by atoms with E-state index in [1.54, 1.807) is 36.7 Å². The highest BCUT2D eigenvalue weighted by Gasteiger charge is 2.05. The fourth-order valence-electron chi connectivity index (χ4n) is 1.32. The summed E-state index contributed by atoms with van der Waals surface area (Å²) in [5.74, 6) is 0.180. The van der Waals surface area contributed by atoms with Gasteiger partial charge in [0.25, 0.3) is 0 Å². The molecule has 0 aliphatic heterocycles. The number of aromatic nitrogens is 2. The number of ether oxygens (including phenoxy) is 2. The molecule has 0 unspecified atom stereocenters. The van der Waals surface area contributed by atoms with Gasteiger partial charge in [-0.2, -0.15) is 0 Å². The first kappa shape index (κ1) is 12.0. The molecule has 1 aromatic heterocycles. The average Bonchev–Trinajstić information content (AvgIpc) is 2.41. The van der Waals surface area contributed by atoms with Crippen LogP contribution in [0.4, 0.5) is 0 Å². The summed E-state index contributed by atoms with van der Waals surface area (Å²) in [4.78, 5) is 19.3.